The zero-order valence-electron chi connectivity index (χ0n) is 16.4. The van der Waals surface area contributed by atoms with E-state index in [9.17, 15) is 9.90 Å². The summed E-state index contributed by atoms with van der Waals surface area (Å²) < 4.78 is 0. The fraction of sp³-hybridized carbons (Fsp3) is 0.455. The summed E-state index contributed by atoms with van der Waals surface area (Å²) >= 11 is 6.25. The molecule has 0 spiro atoms. The van der Waals surface area contributed by atoms with E-state index in [0.717, 1.165) is 36.9 Å². The fourth-order valence-electron chi connectivity index (χ4n) is 3.76. The number of aliphatic hydroxyl groups is 1. The Kier molecular flexibility index (Phi) is 6.92. The van der Waals surface area contributed by atoms with Crippen LogP contribution in [-0.4, -0.2) is 35.2 Å². The summed E-state index contributed by atoms with van der Waals surface area (Å²) in [7, 11) is 1.77. The van der Waals surface area contributed by atoms with E-state index in [1.54, 1.807) is 18.1 Å². The molecule has 1 aliphatic carbocycles. The quantitative estimate of drug-likeness (QED) is 0.757. The Hall–Kier alpha value is -2.11. The van der Waals surface area contributed by atoms with Crippen molar-refractivity contribution < 1.29 is 9.90 Å². The van der Waals surface area contributed by atoms with E-state index in [1.807, 2.05) is 43.3 Å². The Labute approximate surface area is 171 Å². The first-order chi connectivity index (χ1) is 13.5. The minimum atomic E-state index is -0.385. The smallest absolute Gasteiger partial charge is 0.229 e. The number of halogens is 1. The van der Waals surface area contributed by atoms with E-state index in [2.05, 4.69) is 10.3 Å². The fourth-order valence-corrected chi connectivity index (χ4v) is 3.98. The van der Waals surface area contributed by atoms with Crippen LogP contribution < -0.4 is 10.2 Å². The predicted octanol–water partition coefficient (Wildman–Crippen LogP) is 4.29. The van der Waals surface area contributed by atoms with Crippen LogP contribution in [0.3, 0.4) is 0 Å². The van der Waals surface area contributed by atoms with Gasteiger partial charge in [-0.3, -0.25) is 4.79 Å². The molecular weight excluding hydrogens is 374 g/mol. The predicted molar refractivity (Wildman–Crippen MR) is 114 cm³/mol. The molecule has 1 saturated carbocycles. The van der Waals surface area contributed by atoms with Crippen LogP contribution in [0, 0.1) is 5.92 Å². The molecular formula is C22H28ClN3O2. The lowest BCUT2D eigenvalue weighted by molar-refractivity contribution is -0.121. The average molecular weight is 402 g/mol. The summed E-state index contributed by atoms with van der Waals surface area (Å²) in [5, 5.41) is 14.3. The second kappa shape index (κ2) is 9.39. The molecule has 3 atom stereocenters. The van der Waals surface area contributed by atoms with Gasteiger partial charge in [0, 0.05) is 24.2 Å². The molecule has 0 bridgehead atoms. The number of rotatable bonds is 6. The molecule has 1 fully saturated rings. The normalized spacial score (nSPS) is 20.4. The van der Waals surface area contributed by atoms with Crippen molar-refractivity contribution in [2.75, 3.05) is 17.3 Å². The molecule has 6 heteroatoms. The third-order valence-corrected chi connectivity index (χ3v) is 5.80. The van der Waals surface area contributed by atoms with Crippen LogP contribution in [-0.2, 0) is 11.2 Å². The van der Waals surface area contributed by atoms with Gasteiger partial charge in [-0.05, 0) is 43.0 Å². The molecule has 0 aliphatic heterocycles. The Balaban J connectivity index is 1.73. The first-order valence-corrected chi connectivity index (χ1v) is 10.3. The van der Waals surface area contributed by atoms with Crippen molar-refractivity contribution >= 4 is 29.0 Å². The van der Waals surface area contributed by atoms with Gasteiger partial charge in [-0.25, -0.2) is 4.98 Å². The van der Waals surface area contributed by atoms with Gasteiger partial charge in [-0.15, -0.1) is 0 Å². The second-order valence-electron chi connectivity index (χ2n) is 7.57. The number of nitrogens with zero attached hydrogens (tertiary/aromatic N) is 2. The van der Waals surface area contributed by atoms with Crippen molar-refractivity contribution in [2.45, 2.75) is 51.2 Å². The molecule has 2 N–H and O–H groups in total. The van der Waals surface area contributed by atoms with Crippen molar-refractivity contribution in [3.63, 3.8) is 0 Å². The van der Waals surface area contributed by atoms with Gasteiger partial charge in [-0.1, -0.05) is 49.6 Å². The van der Waals surface area contributed by atoms with Crippen LogP contribution in [0.2, 0.25) is 5.02 Å². The summed E-state index contributed by atoms with van der Waals surface area (Å²) in [4.78, 5) is 19.1. The minimum absolute atomic E-state index is 0.000150. The number of carbonyl (C=O) groups excluding carboxylic acids is 1. The first kappa shape index (κ1) is 20.6. The van der Waals surface area contributed by atoms with E-state index >= 15 is 0 Å². The summed E-state index contributed by atoms with van der Waals surface area (Å²) in [6.45, 7) is 1.91. The van der Waals surface area contributed by atoms with Crippen LogP contribution in [0.1, 0.15) is 38.2 Å². The number of aliphatic hydroxyl groups excluding tert-OH is 1. The van der Waals surface area contributed by atoms with Crippen molar-refractivity contribution in [3.05, 3.63) is 53.2 Å². The van der Waals surface area contributed by atoms with E-state index in [-0.39, 0.29) is 24.0 Å². The van der Waals surface area contributed by atoms with Crippen LogP contribution in [0.5, 0.6) is 0 Å². The summed E-state index contributed by atoms with van der Waals surface area (Å²) in [5.41, 5.74) is 1.68. The van der Waals surface area contributed by atoms with Crippen molar-refractivity contribution in [1.29, 1.82) is 0 Å². The molecule has 3 rings (SSSR count). The lowest BCUT2D eigenvalue weighted by Crippen LogP contribution is -2.38. The summed E-state index contributed by atoms with van der Waals surface area (Å²) in [6.07, 6.45) is 5.72. The molecule has 3 unspecified atom stereocenters. The van der Waals surface area contributed by atoms with Gasteiger partial charge in [0.15, 0.2) is 0 Å². The van der Waals surface area contributed by atoms with Gasteiger partial charge >= 0.3 is 0 Å². The first-order valence-electron chi connectivity index (χ1n) is 9.88. The molecule has 1 aromatic carbocycles. The van der Waals surface area contributed by atoms with Gasteiger partial charge in [0.1, 0.15) is 5.82 Å². The number of hydrogen-bond acceptors (Lipinski definition) is 4. The maximum atomic E-state index is 13.0. The molecule has 5 nitrogen and oxygen atoms in total. The van der Waals surface area contributed by atoms with Crippen molar-refractivity contribution in [3.8, 4) is 0 Å². The molecule has 2 aromatic rings. The summed E-state index contributed by atoms with van der Waals surface area (Å²) in [5.74, 6) is 0.410. The van der Waals surface area contributed by atoms with Gasteiger partial charge in [0.05, 0.1) is 17.8 Å². The lowest BCUT2D eigenvalue weighted by atomic mass is 9.92. The zero-order chi connectivity index (χ0) is 20.1. The topological polar surface area (TPSA) is 65.5 Å². The highest BCUT2D eigenvalue weighted by atomic mass is 35.5. The van der Waals surface area contributed by atoms with E-state index in [0.29, 0.717) is 17.3 Å². The van der Waals surface area contributed by atoms with Crippen LogP contribution >= 0.6 is 11.6 Å². The Morgan fingerprint density at radius 1 is 1.29 bits per heavy atom. The van der Waals surface area contributed by atoms with Gasteiger partial charge in [-0.2, -0.15) is 0 Å². The molecule has 1 heterocycles. The molecule has 150 valence electrons. The van der Waals surface area contributed by atoms with Crippen molar-refractivity contribution in [2.24, 2.45) is 5.92 Å². The Bertz CT molecular complexity index is 814. The van der Waals surface area contributed by atoms with Gasteiger partial charge < -0.3 is 15.3 Å². The maximum Gasteiger partial charge on any atom is 0.229 e. The van der Waals surface area contributed by atoms with Gasteiger partial charge in [0.25, 0.3) is 0 Å². The SMILES string of the molecule is CC(Cc1ccccc1Cl)C(=O)N(C)c1cccnc1NC1CCCCC1O. The number of aromatic nitrogens is 1. The average Bonchev–Trinajstić information content (AvgIpc) is 2.70. The molecule has 1 amide bonds. The van der Waals surface area contributed by atoms with E-state index < -0.39 is 0 Å². The molecule has 28 heavy (non-hydrogen) atoms. The Morgan fingerprint density at radius 3 is 2.79 bits per heavy atom. The molecule has 0 radical (unpaired) electrons. The number of benzene rings is 1. The zero-order valence-corrected chi connectivity index (χ0v) is 17.2. The van der Waals surface area contributed by atoms with Crippen LogP contribution in [0.25, 0.3) is 0 Å². The highest BCUT2D eigenvalue weighted by Gasteiger charge is 2.26. The van der Waals surface area contributed by atoms with Crippen LogP contribution in [0.4, 0.5) is 11.5 Å². The van der Waals surface area contributed by atoms with Crippen molar-refractivity contribution in [1.82, 2.24) is 4.98 Å². The molecule has 1 aromatic heterocycles. The number of amides is 1. The van der Waals surface area contributed by atoms with E-state index in [1.165, 1.54) is 0 Å². The highest BCUT2D eigenvalue weighted by Crippen LogP contribution is 2.29. The lowest BCUT2D eigenvalue weighted by Gasteiger charge is -2.31. The third kappa shape index (κ3) is 4.83. The number of nitrogens with one attached hydrogen (secondary N) is 1. The largest absolute Gasteiger partial charge is 0.391 e. The third-order valence-electron chi connectivity index (χ3n) is 5.44. The summed E-state index contributed by atoms with van der Waals surface area (Å²) in [6, 6.07) is 11.3. The molecule has 1 aliphatic rings. The maximum absolute atomic E-state index is 13.0. The number of hydrogen-bond donors (Lipinski definition) is 2. The molecule has 0 saturated heterocycles. The standard InChI is InChI=1S/C22H28ClN3O2/c1-15(14-16-8-3-4-9-17(16)23)22(28)26(2)19-11-7-13-24-21(19)25-18-10-5-6-12-20(18)27/h3-4,7-9,11,13,15,18,20,27H,5-6,10,12,14H2,1-2H3,(H,24,25). The number of carbonyl (C=O) groups is 1. The van der Waals surface area contributed by atoms with E-state index in [4.69, 9.17) is 11.6 Å². The van der Waals surface area contributed by atoms with Gasteiger partial charge in [0.2, 0.25) is 5.91 Å². The second-order valence-corrected chi connectivity index (χ2v) is 7.97. The van der Waals surface area contributed by atoms with Crippen LogP contribution in [0.15, 0.2) is 42.6 Å². The number of anilines is 2. The minimum Gasteiger partial charge on any atom is -0.391 e. The monoisotopic (exact) mass is 401 g/mol. The number of pyridine rings is 1. The Morgan fingerprint density at radius 2 is 2.04 bits per heavy atom. The highest BCUT2D eigenvalue weighted by molar-refractivity contribution is 6.31.